The monoisotopic (exact) mass is 489 g/mol. The van der Waals surface area contributed by atoms with Gasteiger partial charge < -0.3 is 10.4 Å². The smallest absolute Gasteiger partial charge is 0.250 e. The Morgan fingerprint density at radius 3 is 2.61 bits per heavy atom. The second-order valence-electron chi connectivity index (χ2n) is 7.67. The van der Waals surface area contributed by atoms with E-state index in [1.165, 1.54) is 29.7 Å². The number of pyridine rings is 1. The number of hydrogen-bond acceptors (Lipinski definition) is 4. The highest BCUT2D eigenvalue weighted by molar-refractivity contribution is 9.10. The number of anilines is 1. The molecule has 8 heteroatoms. The molecule has 1 heterocycles. The van der Waals surface area contributed by atoms with Gasteiger partial charge >= 0.3 is 0 Å². The molecular formula is C23H25BrFN3O3. The molecular weight excluding hydrogens is 465 g/mol. The van der Waals surface area contributed by atoms with Crippen molar-refractivity contribution >= 4 is 39.8 Å². The molecule has 1 aliphatic carbocycles. The summed E-state index contributed by atoms with van der Waals surface area (Å²) >= 11 is 3.33. The Kier molecular flexibility index (Phi) is 7.79. The average molecular weight is 490 g/mol. The number of benzene rings is 1. The lowest BCUT2D eigenvalue weighted by Gasteiger charge is -2.23. The van der Waals surface area contributed by atoms with Crippen LogP contribution in [0.15, 0.2) is 46.6 Å². The van der Waals surface area contributed by atoms with Gasteiger partial charge in [-0.25, -0.2) is 9.37 Å². The Morgan fingerprint density at radius 1 is 1.29 bits per heavy atom. The van der Waals surface area contributed by atoms with Gasteiger partial charge in [0.1, 0.15) is 17.4 Å². The molecule has 1 aromatic carbocycles. The van der Waals surface area contributed by atoms with Gasteiger partial charge in [-0.15, -0.1) is 0 Å². The molecule has 2 amide bonds. The van der Waals surface area contributed by atoms with Crippen LogP contribution in [-0.4, -0.2) is 28.4 Å². The minimum absolute atomic E-state index is 0.106. The zero-order valence-electron chi connectivity index (χ0n) is 17.3. The van der Waals surface area contributed by atoms with Crippen molar-refractivity contribution in [3.05, 3.63) is 63.5 Å². The molecule has 1 aromatic heterocycles. The summed E-state index contributed by atoms with van der Waals surface area (Å²) in [5.74, 6) is -0.761. The van der Waals surface area contributed by atoms with Crippen LogP contribution in [0.1, 0.15) is 50.2 Å². The first-order chi connectivity index (χ1) is 14.9. The number of aromatic nitrogens is 1. The summed E-state index contributed by atoms with van der Waals surface area (Å²) in [5, 5.41) is 13.9. The maximum absolute atomic E-state index is 13.2. The number of aliphatic hydroxyl groups excluding tert-OH is 1. The summed E-state index contributed by atoms with van der Waals surface area (Å²) in [6.45, 7) is 1.68. The molecule has 164 valence electrons. The Hall–Kier alpha value is -2.74. The second kappa shape index (κ2) is 10.5. The molecule has 31 heavy (non-hydrogen) atoms. The standard InChI is InChI=1S/C23H25BrFN3O3/c1-15(23(31)27-19-5-3-2-4-6-19)21(30)20-11-17(24)12-26-22(20)28(14-29)13-16-7-9-18(25)10-8-16/h7-12,14,19,30H,2-6,13H2,1H3,(H,27,31)/b21-15-. The third kappa shape index (κ3) is 5.91. The first-order valence-corrected chi connectivity index (χ1v) is 11.0. The van der Waals surface area contributed by atoms with Crippen LogP contribution in [0.3, 0.4) is 0 Å². The summed E-state index contributed by atoms with van der Waals surface area (Å²) in [4.78, 5) is 30.1. The summed E-state index contributed by atoms with van der Waals surface area (Å²) in [6.07, 6.45) is 7.29. The Morgan fingerprint density at radius 2 is 1.97 bits per heavy atom. The zero-order valence-corrected chi connectivity index (χ0v) is 18.9. The van der Waals surface area contributed by atoms with Crippen LogP contribution in [0.25, 0.3) is 5.76 Å². The highest BCUT2D eigenvalue weighted by Crippen LogP contribution is 2.29. The first-order valence-electron chi connectivity index (χ1n) is 10.2. The minimum Gasteiger partial charge on any atom is -0.507 e. The van der Waals surface area contributed by atoms with Crippen molar-refractivity contribution in [1.82, 2.24) is 10.3 Å². The van der Waals surface area contributed by atoms with E-state index in [1.807, 2.05) is 0 Å². The number of aliphatic hydroxyl groups is 1. The average Bonchev–Trinajstić information content (AvgIpc) is 2.78. The number of carbonyl (C=O) groups is 2. The highest BCUT2D eigenvalue weighted by atomic mass is 79.9. The second-order valence-corrected chi connectivity index (χ2v) is 8.58. The van der Waals surface area contributed by atoms with Gasteiger partial charge in [0.25, 0.3) is 5.91 Å². The SMILES string of the molecule is C/C(C(=O)NC1CCCCC1)=C(/O)c1cc(Br)cnc1N(C=O)Cc1ccc(F)cc1. The van der Waals surface area contributed by atoms with Crippen LogP contribution in [0.2, 0.25) is 0 Å². The van der Waals surface area contributed by atoms with Crippen molar-refractivity contribution in [2.45, 2.75) is 51.6 Å². The molecule has 0 unspecified atom stereocenters. The van der Waals surface area contributed by atoms with E-state index >= 15 is 0 Å². The van der Waals surface area contributed by atoms with E-state index in [1.54, 1.807) is 25.1 Å². The molecule has 0 spiro atoms. The topological polar surface area (TPSA) is 82.5 Å². The van der Waals surface area contributed by atoms with E-state index in [4.69, 9.17) is 0 Å². The van der Waals surface area contributed by atoms with Gasteiger partial charge in [-0.3, -0.25) is 14.5 Å². The molecule has 0 atom stereocenters. The van der Waals surface area contributed by atoms with Crippen LogP contribution >= 0.6 is 15.9 Å². The quantitative estimate of drug-likeness (QED) is 0.329. The number of halogens is 2. The molecule has 1 fully saturated rings. The molecule has 0 bridgehead atoms. The molecule has 1 aliphatic rings. The molecule has 0 aliphatic heterocycles. The number of rotatable bonds is 7. The van der Waals surface area contributed by atoms with Crippen LogP contribution in [-0.2, 0) is 16.1 Å². The minimum atomic E-state index is -0.371. The Balaban J connectivity index is 1.89. The highest BCUT2D eigenvalue weighted by Gasteiger charge is 2.22. The van der Waals surface area contributed by atoms with Crippen molar-refractivity contribution in [2.24, 2.45) is 0 Å². The molecule has 0 saturated heterocycles. The van der Waals surface area contributed by atoms with Crippen molar-refractivity contribution < 1.29 is 19.1 Å². The van der Waals surface area contributed by atoms with Crippen LogP contribution in [0.4, 0.5) is 10.2 Å². The van der Waals surface area contributed by atoms with Gasteiger partial charge in [-0.1, -0.05) is 31.4 Å². The molecule has 6 nitrogen and oxygen atoms in total. The number of carbonyl (C=O) groups excluding carboxylic acids is 2. The van der Waals surface area contributed by atoms with Gasteiger partial charge in [0.05, 0.1) is 17.7 Å². The fraction of sp³-hybridized carbons (Fsp3) is 0.348. The van der Waals surface area contributed by atoms with Crippen molar-refractivity contribution in [3.63, 3.8) is 0 Å². The van der Waals surface area contributed by atoms with E-state index < -0.39 is 0 Å². The van der Waals surface area contributed by atoms with E-state index in [0.717, 1.165) is 25.7 Å². The van der Waals surface area contributed by atoms with Crippen LogP contribution < -0.4 is 10.2 Å². The largest absolute Gasteiger partial charge is 0.507 e. The lowest BCUT2D eigenvalue weighted by atomic mass is 9.95. The van der Waals surface area contributed by atoms with Gasteiger partial charge in [0, 0.05) is 16.7 Å². The van der Waals surface area contributed by atoms with Gasteiger partial charge in [-0.2, -0.15) is 0 Å². The number of amides is 2. The molecule has 3 rings (SSSR count). The summed E-state index contributed by atoms with van der Waals surface area (Å²) in [6, 6.07) is 7.48. The third-order valence-electron chi connectivity index (χ3n) is 5.39. The van der Waals surface area contributed by atoms with E-state index in [2.05, 4.69) is 26.2 Å². The van der Waals surface area contributed by atoms with Gasteiger partial charge in [0.2, 0.25) is 6.41 Å². The molecule has 2 N–H and O–H groups in total. The number of hydrogen-bond donors (Lipinski definition) is 2. The van der Waals surface area contributed by atoms with E-state index in [9.17, 15) is 19.1 Å². The van der Waals surface area contributed by atoms with Gasteiger partial charge in [-0.05, 0) is 59.5 Å². The summed E-state index contributed by atoms with van der Waals surface area (Å²) in [7, 11) is 0. The maximum Gasteiger partial charge on any atom is 0.250 e. The predicted octanol–water partition coefficient (Wildman–Crippen LogP) is 4.88. The number of nitrogens with zero attached hydrogens (tertiary/aromatic N) is 2. The summed E-state index contributed by atoms with van der Waals surface area (Å²) < 4.78 is 13.8. The van der Waals surface area contributed by atoms with Crippen LogP contribution in [0, 0.1) is 5.82 Å². The predicted molar refractivity (Wildman–Crippen MR) is 121 cm³/mol. The molecule has 0 radical (unpaired) electrons. The van der Waals surface area contributed by atoms with Crippen molar-refractivity contribution in [1.29, 1.82) is 0 Å². The van der Waals surface area contributed by atoms with E-state index in [-0.39, 0.29) is 47.0 Å². The number of nitrogens with one attached hydrogen (secondary N) is 1. The lowest BCUT2D eigenvalue weighted by Crippen LogP contribution is -2.36. The normalized spacial score (nSPS) is 15.2. The van der Waals surface area contributed by atoms with Crippen LogP contribution in [0.5, 0.6) is 0 Å². The fourth-order valence-electron chi connectivity index (χ4n) is 3.63. The zero-order chi connectivity index (χ0) is 22.4. The first kappa shape index (κ1) is 22.9. The third-order valence-corrected chi connectivity index (χ3v) is 5.82. The lowest BCUT2D eigenvalue weighted by molar-refractivity contribution is -0.118. The van der Waals surface area contributed by atoms with Crippen molar-refractivity contribution in [3.8, 4) is 0 Å². The van der Waals surface area contributed by atoms with E-state index in [0.29, 0.717) is 16.4 Å². The maximum atomic E-state index is 13.2. The Bertz CT molecular complexity index is 973. The molecule has 2 aromatic rings. The Labute approximate surface area is 189 Å². The fourth-order valence-corrected chi connectivity index (χ4v) is 3.97. The summed E-state index contributed by atoms with van der Waals surface area (Å²) in [5.41, 5.74) is 1.10. The van der Waals surface area contributed by atoms with Gasteiger partial charge in [0.15, 0.2) is 0 Å². The molecule has 1 saturated carbocycles. The van der Waals surface area contributed by atoms with Crippen molar-refractivity contribution in [2.75, 3.05) is 4.90 Å².